The third-order valence-electron chi connectivity index (χ3n) is 3.00. The zero-order valence-electron chi connectivity index (χ0n) is 9.50. The number of aldehydes is 1. The van der Waals surface area contributed by atoms with E-state index in [1.807, 2.05) is 0 Å². The monoisotopic (exact) mass is 252 g/mol. The average Bonchev–Trinajstić information content (AvgIpc) is 2.27. The molecule has 0 aliphatic heterocycles. The van der Waals surface area contributed by atoms with Crippen LogP contribution in [0.5, 0.6) is 5.75 Å². The number of hydrogen-bond donors (Lipinski definition) is 1. The first-order valence-corrected chi connectivity index (χ1v) is 5.80. The fourth-order valence-electron chi connectivity index (χ4n) is 1.88. The first kappa shape index (κ1) is 12.0. The number of hydrogen-bond acceptors (Lipinski definition) is 3. The van der Waals surface area contributed by atoms with Gasteiger partial charge in [-0.05, 0) is 37.0 Å². The first-order chi connectivity index (χ1) is 8.19. The number of phenolic OH excluding ortho intramolecular Hbond substituents is 1. The molecule has 2 rings (SSSR count). The molecule has 0 bridgehead atoms. The summed E-state index contributed by atoms with van der Waals surface area (Å²) < 4.78 is 5.35. The van der Waals surface area contributed by atoms with Crippen molar-refractivity contribution in [2.75, 3.05) is 7.11 Å². The lowest BCUT2D eigenvalue weighted by atomic mass is 9.89. The smallest absolute Gasteiger partial charge is 0.153 e. The van der Waals surface area contributed by atoms with Gasteiger partial charge in [-0.3, -0.25) is 4.79 Å². The van der Waals surface area contributed by atoms with Crippen LogP contribution in [0.2, 0.25) is 5.02 Å². The summed E-state index contributed by atoms with van der Waals surface area (Å²) in [5.41, 5.74) is 2.03. The second-order valence-corrected chi connectivity index (χ2v) is 4.35. The molecule has 90 valence electrons. The SMILES string of the molecule is COC(=C1CCC1)c1ccc(C=O)c(O)c1Cl. The third-order valence-corrected chi connectivity index (χ3v) is 3.38. The Morgan fingerprint density at radius 2 is 2.18 bits per heavy atom. The van der Waals surface area contributed by atoms with E-state index in [9.17, 15) is 9.90 Å². The molecule has 0 radical (unpaired) electrons. The number of ether oxygens (including phenoxy) is 1. The number of carbonyl (C=O) groups is 1. The lowest BCUT2D eigenvalue weighted by Gasteiger charge is -2.22. The number of rotatable bonds is 3. The van der Waals surface area contributed by atoms with Crippen LogP contribution in [-0.4, -0.2) is 18.5 Å². The van der Waals surface area contributed by atoms with Crippen molar-refractivity contribution in [1.82, 2.24) is 0 Å². The van der Waals surface area contributed by atoms with Gasteiger partial charge >= 0.3 is 0 Å². The molecule has 1 saturated carbocycles. The summed E-state index contributed by atoms with van der Waals surface area (Å²) in [6, 6.07) is 3.25. The van der Waals surface area contributed by atoms with Crippen LogP contribution < -0.4 is 0 Å². The molecule has 0 saturated heterocycles. The number of aromatic hydroxyl groups is 1. The molecule has 4 heteroatoms. The van der Waals surface area contributed by atoms with Crippen molar-refractivity contribution in [1.29, 1.82) is 0 Å². The number of methoxy groups -OCH3 is 1. The fourth-order valence-corrected chi connectivity index (χ4v) is 2.13. The molecule has 0 atom stereocenters. The highest BCUT2D eigenvalue weighted by molar-refractivity contribution is 6.34. The molecule has 0 amide bonds. The minimum absolute atomic E-state index is 0.172. The molecule has 0 unspecified atom stereocenters. The van der Waals surface area contributed by atoms with Crippen LogP contribution in [0.3, 0.4) is 0 Å². The van der Waals surface area contributed by atoms with Crippen LogP contribution in [0.4, 0.5) is 0 Å². The molecule has 1 aliphatic carbocycles. The quantitative estimate of drug-likeness (QED) is 0.662. The van der Waals surface area contributed by atoms with E-state index in [1.54, 1.807) is 19.2 Å². The van der Waals surface area contributed by atoms with Gasteiger partial charge in [0.25, 0.3) is 0 Å². The summed E-state index contributed by atoms with van der Waals surface area (Å²) in [7, 11) is 1.58. The van der Waals surface area contributed by atoms with E-state index in [-0.39, 0.29) is 16.3 Å². The lowest BCUT2D eigenvalue weighted by Crippen LogP contribution is -2.04. The van der Waals surface area contributed by atoms with E-state index < -0.39 is 0 Å². The van der Waals surface area contributed by atoms with Crippen LogP contribution >= 0.6 is 11.6 Å². The third kappa shape index (κ3) is 2.03. The minimum atomic E-state index is -0.186. The Morgan fingerprint density at radius 3 is 2.65 bits per heavy atom. The number of halogens is 1. The summed E-state index contributed by atoms with van der Waals surface area (Å²) in [4.78, 5) is 10.7. The largest absolute Gasteiger partial charge is 0.506 e. The van der Waals surface area contributed by atoms with Gasteiger partial charge in [0.15, 0.2) is 6.29 Å². The molecule has 1 N–H and O–H groups in total. The van der Waals surface area contributed by atoms with Crippen LogP contribution in [0.1, 0.15) is 35.2 Å². The van der Waals surface area contributed by atoms with Gasteiger partial charge < -0.3 is 9.84 Å². The van der Waals surface area contributed by atoms with Crippen molar-refractivity contribution in [3.8, 4) is 5.75 Å². The maximum absolute atomic E-state index is 10.7. The van der Waals surface area contributed by atoms with Gasteiger partial charge in [0.1, 0.15) is 11.5 Å². The Bertz CT molecular complexity index is 486. The molecule has 1 aliphatic rings. The molecule has 0 aromatic heterocycles. The molecular formula is C13H13ClO3. The van der Waals surface area contributed by atoms with Crippen molar-refractivity contribution >= 4 is 23.6 Å². The highest BCUT2D eigenvalue weighted by Crippen LogP contribution is 2.39. The van der Waals surface area contributed by atoms with Crippen LogP contribution in [0.15, 0.2) is 17.7 Å². The van der Waals surface area contributed by atoms with E-state index in [4.69, 9.17) is 16.3 Å². The molecule has 1 aromatic carbocycles. The highest BCUT2D eigenvalue weighted by atomic mass is 35.5. The number of allylic oxidation sites excluding steroid dienone is 1. The Balaban J connectivity index is 2.52. The van der Waals surface area contributed by atoms with Crippen LogP contribution in [-0.2, 0) is 4.74 Å². The van der Waals surface area contributed by atoms with E-state index in [1.165, 1.54) is 5.57 Å². The highest BCUT2D eigenvalue weighted by Gasteiger charge is 2.20. The average molecular weight is 253 g/mol. The second kappa shape index (κ2) is 4.80. The molecule has 1 aromatic rings. The van der Waals surface area contributed by atoms with Gasteiger partial charge in [-0.2, -0.15) is 0 Å². The topological polar surface area (TPSA) is 46.5 Å². The van der Waals surface area contributed by atoms with Gasteiger partial charge in [-0.25, -0.2) is 0 Å². The Hall–Kier alpha value is -1.48. The summed E-state index contributed by atoms with van der Waals surface area (Å²) in [5.74, 6) is 0.530. The second-order valence-electron chi connectivity index (χ2n) is 3.97. The van der Waals surface area contributed by atoms with Crippen molar-refractivity contribution in [3.05, 3.63) is 33.9 Å². The molecule has 0 spiro atoms. The molecular weight excluding hydrogens is 240 g/mol. The molecule has 3 nitrogen and oxygen atoms in total. The summed E-state index contributed by atoms with van der Waals surface area (Å²) in [5, 5.41) is 9.93. The Kier molecular flexibility index (Phi) is 3.38. The van der Waals surface area contributed by atoms with Crippen molar-refractivity contribution in [2.45, 2.75) is 19.3 Å². The molecule has 1 fully saturated rings. The number of phenols is 1. The van der Waals surface area contributed by atoms with Crippen LogP contribution in [0, 0.1) is 0 Å². The maximum Gasteiger partial charge on any atom is 0.153 e. The van der Waals surface area contributed by atoms with Gasteiger partial charge in [0.2, 0.25) is 0 Å². The summed E-state index contributed by atoms with van der Waals surface area (Å²) >= 11 is 6.05. The van der Waals surface area contributed by atoms with E-state index in [0.29, 0.717) is 17.6 Å². The standard InChI is InChI=1S/C13H13ClO3/c1-17-13(8-3-2-4-8)10-6-5-9(7-15)12(16)11(10)14/h5-7,16H,2-4H2,1H3. The van der Waals surface area contributed by atoms with Gasteiger partial charge in [-0.15, -0.1) is 0 Å². The van der Waals surface area contributed by atoms with Crippen molar-refractivity contribution < 1.29 is 14.6 Å². The minimum Gasteiger partial charge on any atom is -0.506 e. The van der Waals surface area contributed by atoms with Gasteiger partial charge in [0, 0.05) is 5.56 Å². The maximum atomic E-state index is 10.7. The van der Waals surface area contributed by atoms with Crippen LogP contribution in [0.25, 0.3) is 5.76 Å². The van der Waals surface area contributed by atoms with Gasteiger partial charge in [0.05, 0.1) is 17.7 Å². The first-order valence-electron chi connectivity index (χ1n) is 5.42. The van der Waals surface area contributed by atoms with Crippen molar-refractivity contribution in [3.63, 3.8) is 0 Å². The molecule has 0 heterocycles. The predicted molar refractivity (Wildman–Crippen MR) is 66.3 cm³/mol. The number of benzene rings is 1. The van der Waals surface area contributed by atoms with Gasteiger partial charge in [-0.1, -0.05) is 11.6 Å². The van der Waals surface area contributed by atoms with E-state index >= 15 is 0 Å². The summed E-state index contributed by atoms with van der Waals surface area (Å²) in [6.45, 7) is 0. The zero-order valence-corrected chi connectivity index (χ0v) is 10.3. The van der Waals surface area contributed by atoms with E-state index in [2.05, 4.69) is 0 Å². The summed E-state index contributed by atoms with van der Waals surface area (Å²) in [6.07, 6.45) is 3.72. The van der Waals surface area contributed by atoms with Crippen molar-refractivity contribution in [2.24, 2.45) is 0 Å². The Morgan fingerprint density at radius 1 is 1.47 bits per heavy atom. The predicted octanol–water partition coefficient (Wildman–Crippen LogP) is 3.40. The molecule has 17 heavy (non-hydrogen) atoms. The van der Waals surface area contributed by atoms with E-state index in [0.717, 1.165) is 19.3 Å². The fraction of sp³-hybridized carbons (Fsp3) is 0.308. The number of carbonyl (C=O) groups excluding carboxylic acids is 1. The zero-order chi connectivity index (χ0) is 12.4. The Labute approximate surface area is 105 Å². The lowest BCUT2D eigenvalue weighted by molar-refractivity contribution is 0.112. The normalized spacial score (nSPS) is 14.1.